The van der Waals surface area contributed by atoms with Crippen molar-refractivity contribution < 1.29 is 23.8 Å². The Kier molecular flexibility index (Phi) is 7.25. The molecule has 2 atom stereocenters. The molecule has 2 rings (SSSR count). The first-order chi connectivity index (χ1) is 12.8. The Balaban J connectivity index is 2.26. The summed E-state index contributed by atoms with van der Waals surface area (Å²) in [6.45, 7) is 7.92. The lowest BCUT2D eigenvalue weighted by molar-refractivity contribution is -0.143. The maximum Gasteiger partial charge on any atom is 0.341 e. The van der Waals surface area contributed by atoms with Crippen LogP contribution in [0.4, 0.5) is 5.69 Å². The SMILES string of the molecule is CCOC(=O)c1cc(NC(=O)[C@]2(OC)CCC[C@@H](C)C2)ccc1OC(C)C. The normalized spacial score (nSPS) is 22.4. The molecule has 1 aliphatic rings. The third kappa shape index (κ3) is 5.22. The van der Waals surface area contributed by atoms with Crippen molar-refractivity contribution in [3.63, 3.8) is 0 Å². The molecular weight excluding hydrogens is 346 g/mol. The maximum atomic E-state index is 13.0. The van der Waals surface area contributed by atoms with E-state index in [0.29, 0.717) is 35.8 Å². The second kappa shape index (κ2) is 9.22. The molecular formula is C21H31NO5. The van der Waals surface area contributed by atoms with E-state index in [1.165, 1.54) is 0 Å². The van der Waals surface area contributed by atoms with E-state index >= 15 is 0 Å². The van der Waals surface area contributed by atoms with Crippen molar-refractivity contribution in [2.75, 3.05) is 19.0 Å². The molecule has 0 unspecified atom stereocenters. The number of methoxy groups -OCH3 is 1. The average Bonchev–Trinajstić information content (AvgIpc) is 2.62. The average molecular weight is 377 g/mol. The monoisotopic (exact) mass is 377 g/mol. The molecule has 0 aliphatic heterocycles. The van der Waals surface area contributed by atoms with Crippen molar-refractivity contribution in [1.29, 1.82) is 0 Å². The first kappa shape index (κ1) is 21.2. The standard InChI is InChI=1S/C21H31NO5/c1-6-26-19(23)17-12-16(9-10-18(17)27-14(2)3)22-20(24)21(25-5)11-7-8-15(4)13-21/h9-10,12,14-15H,6-8,11,13H2,1-5H3,(H,22,24)/t15-,21+/m1/s1. The molecule has 1 saturated carbocycles. The van der Waals surface area contributed by atoms with Crippen molar-refractivity contribution in [3.05, 3.63) is 23.8 Å². The van der Waals surface area contributed by atoms with Crippen LogP contribution in [0.5, 0.6) is 5.75 Å². The first-order valence-electron chi connectivity index (χ1n) is 9.65. The lowest BCUT2D eigenvalue weighted by Gasteiger charge is -2.37. The fourth-order valence-corrected chi connectivity index (χ4v) is 3.57. The number of rotatable bonds is 7. The zero-order valence-electron chi connectivity index (χ0n) is 17.0. The Morgan fingerprint density at radius 2 is 2.07 bits per heavy atom. The van der Waals surface area contributed by atoms with Crippen molar-refractivity contribution >= 4 is 17.6 Å². The van der Waals surface area contributed by atoms with Gasteiger partial charge in [-0.05, 0) is 64.2 Å². The molecule has 6 nitrogen and oxygen atoms in total. The fraction of sp³-hybridized carbons (Fsp3) is 0.619. The van der Waals surface area contributed by atoms with Crippen LogP contribution in [0.3, 0.4) is 0 Å². The largest absolute Gasteiger partial charge is 0.490 e. The molecule has 1 amide bonds. The minimum Gasteiger partial charge on any atom is -0.490 e. The second-order valence-electron chi connectivity index (χ2n) is 7.45. The molecule has 27 heavy (non-hydrogen) atoms. The van der Waals surface area contributed by atoms with Gasteiger partial charge in [0.25, 0.3) is 5.91 Å². The summed E-state index contributed by atoms with van der Waals surface area (Å²) in [5.41, 5.74) is -0.00451. The van der Waals surface area contributed by atoms with Gasteiger partial charge in [0.1, 0.15) is 16.9 Å². The quantitative estimate of drug-likeness (QED) is 0.722. The summed E-state index contributed by atoms with van der Waals surface area (Å²) in [6.07, 6.45) is 3.36. The highest BCUT2D eigenvalue weighted by atomic mass is 16.5. The summed E-state index contributed by atoms with van der Waals surface area (Å²) in [6, 6.07) is 5.02. The summed E-state index contributed by atoms with van der Waals surface area (Å²) in [5.74, 6) is 0.219. The fourth-order valence-electron chi connectivity index (χ4n) is 3.57. The van der Waals surface area contributed by atoms with Crippen LogP contribution in [0.15, 0.2) is 18.2 Å². The molecule has 1 aliphatic carbocycles. The Bertz CT molecular complexity index is 673. The van der Waals surface area contributed by atoms with Gasteiger partial charge in [-0.3, -0.25) is 4.79 Å². The Morgan fingerprint density at radius 1 is 1.33 bits per heavy atom. The Hall–Kier alpha value is -2.08. The predicted octanol–water partition coefficient (Wildman–Crippen LogP) is 4.18. The van der Waals surface area contributed by atoms with Gasteiger partial charge in [0.2, 0.25) is 0 Å². The minimum atomic E-state index is -0.825. The highest BCUT2D eigenvalue weighted by Crippen LogP contribution is 2.36. The number of ether oxygens (including phenoxy) is 3. The van der Waals surface area contributed by atoms with Crippen LogP contribution in [0.25, 0.3) is 0 Å². The smallest absolute Gasteiger partial charge is 0.341 e. The van der Waals surface area contributed by atoms with Gasteiger partial charge in [-0.25, -0.2) is 4.79 Å². The van der Waals surface area contributed by atoms with Crippen LogP contribution < -0.4 is 10.1 Å². The molecule has 6 heteroatoms. The summed E-state index contributed by atoms with van der Waals surface area (Å²) < 4.78 is 16.5. The molecule has 0 aromatic heterocycles. The van der Waals surface area contributed by atoms with E-state index in [2.05, 4.69) is 12.2 Å². The topological polar surface area (TPSA) is 73.9 Å². The molecule has 1 aromatic carbocycles. The lowest BCUT2D eigenvalue weighted by Crippen LogP contribution is -2.47. The molecule has 0 spiro atoms. The number of carbonyl (C=O) groups is 2. The van der Waals surface area contributed by atoms with Crippen molar-refractivity contribution in [1.82, 2.24) is 0 Å². The van der Waals surface area contributed by atoms with Crippen LogP contribution in [0.1, 0.15) is 63.7 Å². The Labute approximate surface area is 161 Å². The van der Waals surface area contributed by atoms with E-state index in [0.717, 1.165) is 12.8 Å². The number of benzene rings is 1. The van der Waals surface area contributed by atoms with Crippen molar-refractivity contribution in [2.45, 2.75) is 65.1 Å². The number of hydrogen-bond donors (Lipinski definition) is 1. The minimum absolute atomic E-state index is 0.0842. The zero-order valence-corrected chi connectivity index (χ0v) is 17.0. The molecule has 1 aromatic rings. The van der Waals surface area contributed by atoms with Gasteiger partial charge >= 0.3 is 5.97 Å². The number of nitrogens with one attached hydrogen (secondary N) is 1. The third-order valence-corrected chi connectivity index (χ3v) is 4.86. The van der Waals surface area contributed by atoms with Gasteiger partial charge in [-0.2, -0.15) is 0 Å². The highest BCUT2D eigenvalue weighted by molar-refractivity contribution is 5.99. The third-order valence-electron chi connectivity index (χ3n) is 4.86. The predicted molar refractivity (Wildman–Crippen MR) is 104 cm³/mol. The van der Waals surface area contributed by atoms with E-state index in [1.807, 2.05) is 13.8 Å². The van der Waals surface area contributed by atoms with Crippen LogP contribution in [0, 0.1) is 5.92 Å². The van der Waals surface area contributed by atoms with Gasteiger partial charge < -0.3 is 19.5 Å². The van der Waals surface area contributed by atoms with Crippen LogP contribution in [-0.4, -0.2) is 37.3 Å². The van der Waals surface area contributed by atoms with Gasteiger partial charge in [0.05, 0.1) is 12.7 Å². The zero-order chi connectivity index (χ0) is 20.0. The van der Waals surface area contributed by atoms with E-state index < -0.39 is 11.6 Å². The summed E-state index contributed by atoms with van der Waals surface area (Å²) >= 11 is 0. The molecule has 0 radical (unpaired) electrons. The van der Waals surface area contributed by atoms with E-state index in [-0.39, 0.29) is 18.6 Å². The highest BCUT2D eigenvalue weighted by Gasteiger charge is 2.42. The molecule has 0 bridgehead atoms. The van der Waals surface area contributed by atoms with E-state index in [4.69, 9.17) is 14.2 Å². The number of esters is 1. The Morgan fingerprint density at radius 3 is 2.67 bits per heavy atom. The van der Waals surface area contributed by atoms with Crippen molar-refractivity contribution in [3.8, 4) is 5.75 Å². The van der Waals surface area contributed by atoms with Gasteiger partial charge in [0, 0.05) is 12.8 Å². The number of anilines is 1. The van der Waals surface area contributed by atoms with E-state index in [9.17, 15) is 9.59 Å². The summed E-state index contributed by atoms with van der Waals surface area (Å²) in [4.78, 5) is 25.3. The van der Waals surface area contributed by atoms with E-state index in [1.54, 1.807) is 32.2 Å². The number of amides is 1. The number of hydrogen-bond acceptors (Lipinski definition) is 5. The summed E-state index contributed by atoms with van der Waals surface area (Å²) in [7, 11) is 1.58. The van der Waals surface area contributed by atoms with Gasteiger partial charge in [-0.15, -0.1) is 0 Å². The summed E-state index contributed by atoms with van der Waals surface area (Å²) in [5, 5.41) is 2.91. The van der Waals surface area contributed by atoms with Crippen molar-refractivity contribution in [2.24, 2.45) is 5.92 Å². The maximum absolute atomic E-state index is 13.0. The van der Waals surface area contributed by atoms with Gasteiger partial charge in [-0.1, -0.05) is 13.3 Å². The molecule has 0 saturated heterocycles. The molecule has 1 N–H and O–H groups in total. The second-order valence-corrected chi connectivity index (χ2v) is 7.45. The first-order valence-corrected chi connectivity index (χ1v) is 9.65. The lowest BCUT2D eigenvalue weighted by atomic mass is 9.78. The van der Waals surface area contributed by atoms with Crippen LogP contribution in [-0.2, 0) is 14.3 Å². The number of carbonyl (C=O) groups excluding carboxylic acids is 2. The van der Waals surface area contributed by atoms with Crippen LogP contribution in [0.2, 0.25) is 0 Å². The van der Waals surface area contributed by atoms with Gasteiger partial charge in [0.15, 0.2) is 0 Å². The molecule has 150 valence electrons. The molecule has 1 fully saturated rings. The molecule has 0 heterocycles. The van der Waals surface area contributed by atoms with Crippen LogP contribution >= 0.6 is 0 Å².